The van der Waals surface area contributed by atoms with E-state index in [0.717, 1.165) is 75.7 Å². The van der Waals surface area contributed by atoms with Crippen molar-refractivity contribution in [2.45, 2.75) is 25.8 Å². The van der Waals surface area contributed by atoms with Crippen molar-refractivity contribution in [2.24, 2.45) is 0 Å². The van der Waals surface area contributed by atoms with Gasteiger partial charge in [0.05, 0.1) is 41.6 Å². The van der Waals surface area contributed by atoms with Gasteiger partial charge in [0.1, 0.15) is 16.6 Å². The average molecular weight is 668 g/mol. The number of sulfonamides is 1. The van der Waals surface area contributed by atoms with Crippen LogP contribution in [-0.2, 0) is 10.0 Å². The molecule has 0 amide bonds. The van der Waals surface area contributed by atoms with E-state index in [1.54, 1.807) is 7.11 Å². The lowest BCUT2D eigenvalue weighted by Gasteiger charge is -2.43. The lowest BCUT2D eigenvalue weighted by atomic mass is 10.0. The lowest BCUT2D eigenvalue weighted by molar-refractivity contribution is 0.0982. The van der Waals surface area contributed by atoms with Crippen LogP contribution < -0.4 is 25.0 Å². The number of methoxy groups -OCH3 is 1. The lowest BCUT2D eigenvalue weighted by Crippen LogP contribution is -2.52. The van der Waals surface area contributed by atoms with Gasteiger partial charge >= 0.3 is 0 Å². The molecule has 5 rings (SSSR count). The highest BCUT2D eigenvalue weighted by Crippen LogP contribution is 2.37. The highest BCUT2D eigenvalue weighted by molar-refractivity contribution is 7.92. The van der Waals surface area contributed by atoms with Gasteiger partial charge in [-0.05, 0) is 44.5 Å². The van der Waals surface area contributed by atoms with Gasteiger partial charge in [0, 0.05) is 63.1 Å². The Hall–Kier alpha value is -3.10. The molecule has 2 aliphatic heterocycles. The third-order valence-electron chi connectivity index (χ3n) is 7.98. The molecule has 0 radical (unpaired) electrons. The van der Waals surface area contributed by atoms with Gasteiger partial charge in [0.2, 0.25) is 16.0 Å². The monoisotopic (exact) mass is 666 g/mol. The summed E-state index contributed by atoms with van der Waals surface area (Å²) < 4.78 is 45.9. The van der Waals surface area contributed by atoms with Crippen LogP contribution >= 0.6 is 23.2 Å². The third kappa shape index (κ3) is 7.75. The van der Waals surface area contributed by atoms with E-state index < -0.39 is 15.8 Å². The number of rotatable bonds is 9. The Balaban J connectivity index is 1.32. The summed E-state index contributed by atoms with van der Waals surface area (Å²) in [7, 11) is 0.0869. The van der Waals surface area contributed by atoms with Gasteiger partial charge in [-0.15, -0.1) is 0 Å². The molecular formula is C29H37Cl2FN8O3S. The number of anilines is 6. The van der Waals surface area contributed by atoms with Crippen LogP contribution in [0.1, 0.15) is 18.4 Å². The Morgan fingerprint density at radius 1 is 0.955 bits per heavy atom. The quantitative estimate of drug-likeness (QED) is 0.277. The van der Waals surface area contributed by atoms with E-state index in [1.807, 2.05) is 12.1 Å². The maximum Gasteiger partial charge on any atom is 0.229 e. The van der Waals surface area contributed by atoms with E-state index in [4.69, 9.17) is 27.9 Å². The molecule has 0 saturated carbocycles. The summed E-state index contributed by atoms with van der Waals surface area (Å²) in [6.07, 6.45) is 4.60. The predicted octanol–water partition coefficient (Wildman–Crippen LogP) is 5.31. The number of hydrogen-bond donors (Lipinski definition) is 3. The van der Waals surface area contributed by atoms with Gasteiger partial charge < -0.3 is 25.2 Å². The summed E-state index contributed by atoms with van der Waals surface area (Å²) in [4.78, 5) is 16.2. The van der Waals surface area contributed by atoms with Crippen LogP contribution in [0, 0.1) is 12.7 Å². The van der Waals surface area contributed by atoms with Gasteiger partial charge in [-0.25, -0.2) is 17.8 Å². The van der Waals surface area contributed by atoms with Crippen LogP contribution in [0.25, 0.3) is 0 Å². The van der Waals surface area contributed by atoms with Gasteiger partial charge in [-0.3, -0.25) is 9.62 Å². The first kappa shape index (κ1) is 32.3. The second kappa shape index (κ2) is 13.5. The molecule has 0 bridgehead atoms. The first-order valence-electron chi connectivity index (χ1n) is 14.3. The molecule has 3 aromatic rings. The fourth-order valence-electron chi connectivity index (χ4n) is 5.64. The van der Waals surface area contributed by atoms with E-state index in [9.17, 15) is 12.8 Å². The minimum atomic E-state index is -3.71. The van der Waals surface area contributed by atoms with Crippen molar-refractivity contribution in [2.75, 3.05) is 79.9 Å². The van der Waals surface area contributed by atoms with Crippen LogP contribution in [0.3, 0.4) is 0 Å². The zero-order valence-electron chi connectivity index (χ0n) is 25.1. The summed E-state index contributed by atoms with van der Waals surface area (Å²) in [6.45, 7) is 8.55. The summed E-state index contributed by atoms with van der Waals surface area (Å²) in [5.41, 5.74) is 2.97. The minimum absolute atomic E-state index is 0.0564. The Bertz CT molecular complexity index is 1610. The van der Waals surface area contributed by atoms with E-state index in [-0.39, 0.29) is 33.2 Å². The largest absolute Gasteiger partial charge is 0.494 e. The molecule has 238 valence electrons. The van der Waals surface area contributed by atoms with Gasteiger partial charge in [0.15, 0.2) is 5.82 Å². The number of halogens is 3. The van der Waals surface area contributed by atoms with Crippen LogP contribution in [0.4, 0.5) is 38.9 Å². The fraction of sp³-hybridized carbons (Fsp3) is 0.448. The molecule has 2 saturated heterocycles. The third-order valence-corrected chi connectivity index (χ3v) is 9.13. The highest BCUT2D eigenvalue weighted by Gasteiger charge is 2.28. The number of benzene rings is 2. The normalized spacial score (nSPS) is 17.0. The number of piperazine rings is 1. The number of ether oxygens (including phenoxy) is 1. The molecule has 2 fully saturated rings. The van der Waals surface area contributed by atoms with Crippen molar-refractivity contribution in [3.05, 3.63) is 51.9 Å². The van der Waals surface area contributed by atoms with E-state index in [1.165, 1.54) is 12.3 Å². The number of nitrogens with zero attached hydrogens (tertiary/aromatic N) is 5. The molecule has 2 aromatic carbocycles. The van der Waals surface area contributed by atoms with Crippen molar-refractivity contribution in [1.82, 2.24) is 19.8 Å². The summed E-state index contributed by atoms with van der Waals surface area (Å²) in [6, 6.07) is 6.88. The topological polar surface area (TPSA) is 115 Å². The highest BCUT2D eigenvalue weighted by atomic mass is 35.5. The SMILES string of the molecule is COc1cc(N2CCC(N3CCN(C)CC3)CC2)c(C)cc1Nc1ncc(Cl)c(Nc2cc(Cl)c(F)cc2NS(C)(=O)=O)n1. The maximum atomic E-state index is 14.1. The van der Waals surface area contributed by atoms with Crippen molar-refractivity contribution in [3.63, 3.8) is 0 Å². The second-order valence-electron chi connectivity index (χ2n) is 11.2. The Labute approximate surface area is 267 Å². The van der Waals surface area contributed by atoms with Crippen LogP contribution in [0.15, 0.2) is 30.5 Å². The molecule has 0 atom stereocenters. The van der Waals surface area contributed by atoms with Crippen molar-refractivity contribution >= 4 is 67.7 Å². The van der Waals surface area contributed by atoms with Crippen LogP contribution in [-0.4, -0.2) is 93.9 Å². The number of nitrogens with one attached hydrogen (secondary N) is 3. The molecule has 0 aliphatic carbocycles. The smallest absolute Gasteiger partial charge is 0.229 e. The zero-order valence-corrected chi connectivity index (χ0v) is 27.5. The molecule has 15 heteroatoms. The fourth-order valence-corrected chi connectivity index (χ4v) is 6.51. The van der Waals surface area contributed by atoms with E-state index >= 15 is 0 Å². The van der Waals surface area contributed by atoms with E-state index in [0.29, 0.717) is 17.5 Å². The number of hydrogen-bond acceptors (Lipinski definition) is 10. The van der Waals surface area contributed by atoms with Crippen molar-refractivity contribution in [3.8, 4) is 5.75 Å². The maximum absolute atomic E-state index is 14.1. The molecule has 0 spiro atoms. The van der Waals surface area contributed by atoms with Crippen LogP contribution in [0.2, 0.25) is 10.0 Å². The number of aryl methyl sites for hydroxylation is 1. The summed E-state index contributed by atoms with van der Waals surface area (Å²) in [5, 5.41) is 6.08. The zero-order chi connectivity index (χ0) is 31.6. The number of aromatic nitrogens is 2. The summed E-state index contributed by atoms with van der Waals surface area (Å²) in [5.74, 6) is 0.203. The predicted molar refractivity (Wildman–Crippen MR) is 176 cm³/mol. The average Bonchev–Trinajstić information content (AvgIpc) is 2.97. The molecular weight excluding hydrogens is 630 g/mol. The minimum Gasteiger partial charge on any atom is -0.494 e. The first-order chi connectivity index (χ1) is 20.9. The Kier molecular flexibility index (Phi) is 9.90. The molecule has 3 N–H and O–H groups in total. The molecule has 1 aromatic heterocycles. The second-order valence-corrected chi connectivity index (χ2v) is 13.8. The first-order valence-corrected chi connectivity index (χ1v) is 16.9. The molecule has 0 unspecified atom stereocenters. The van der Waals surface area contributed by atoms with Crippen molar-refractivity contribution < 1.29 is 17.5 Å². The van der Waals surface area contributed by atoms with E-state index in [2.05, 4.69) is 54.0 Å². The van der Waals surface area contributed by atoms with Gasteiger partial charge in [-0.2, -0.15) is 4.98 Å². The molecule has 3 heterocycles. The molecule has 44 heavy (non-hydrogen) atoms. The molecule has 11 nitrogen and oxygen atoms in total. The Morgan fingerprint density at radius 2 is 1.66 bits per heavy atom. The standard InChI is InChI=1S/C29H37Cl2FN8O3S/c1-18-13-25(27(43-3)16-26(18)40-7-5-19(6-8-40)39-11-9-38(2)10-12-39)35-29-33-17-21(31)28(36-29)34-23-14-20(30)22(32)15-24(23)37-44(4,41)42/h13-17,19,37H,5-12H2,1-4H3,(H2,33,34,35,36). The van der Waals surface area contributed by atoms with Gasteiger partial charge in [0.25, 0.3) is 0 Å². The molecule has 2 aliphatic rings. The van der Waals surface area contributed by atoms with Crippen LogP contribution in [0.5, 0.6) is 5.75 Å². The van der Waals surface area contributed by atoms with Gasteiger partial charge in [-0.1, -0.05) is 23.2 Å². The van der Waals surface area contributed by atoms with Crippen molar-refractivity contribution in [1.29, 1.82) is 0 Å². The number of piperidine rings is 1. The Morgan fingerprint density at radius 3 is 2.32 bits per heavy atom. The number of likely N-dealkylation sites (N-methyl/N-ethyl adjacent to an activating group) is 1. The summed E-state index contributed by atoms with van der Waals surface area (Å²) >= 11 is 12.3.